The van der Waals surface area contributed by atoms with E-state index in [4.69, 9.17) is 18.6 Å². The van der Waals surface area contributed by atoms with Gasteiger partial charge in [0.25, 0.3) is 0 Å². The van der Waals surface area contributed by atoms with Crippen LogP contribution in [0.3, 0.4) is 0 Å². The Bertz CT molecular complexity index is 818. The summed E-state index contributed by atoms with van der Waals surface area (Å²) in [4.78, 5) is 0. The molecule has 0 amide bonds. The Morgan fingerprint density at radius 3 is 2.48 bits per heavy atom. The third-order valence-electron chi connectivity index (χ3n) is 3.92. The van der Waals surface area contributed by atoms with Crippen LogP contribution >= 0.6 is 0 Å². The van der Waals surface area contributed by atoms with Crippen LogP contribution in [0.5, 0.6) is 17.2 Å². The molecule has 0 aliphatic carbocycles. The van der Waals surface area contributed by atoms with Gasteiger partial charge < -0.3 is 18.6 Å². The summed E-state index contributed by atoms with van der Waals surface area (Å²) in [6, 6.07) is 15.9. The molecule has 4 rings (SSSR count). The Kier molecular flexibility index (Phi) is 3.42. The summed E-state index contributed by atoms with van der Waals surface area (Å²) in [6.07, 6.45) is 1.68. The second-order valence-corrected chi connectivity index (χ2v) is 5.38. The van der Waals surface area contributed by atoms with Gasteiger partial charge in [-0.15, -0.1) is 0 Å². The van der Waals surface area contributed by atoms with Crippen molar-refractivity contribution in [1.82, 2.24) is 0 Å². The number of ether oxygens (including phenoxy) is 3. The first-order valence-corrected chi connectivity index (χ1v) is 7.45. The van der Waals surface area contributed by atoms with Crippen LogP contribution in [0.4, 0.5) is 0 Å². The van der Waals surface area contributed by atoms with E-state index in [2.05, 4.69) is 0 Å². The summed E-state index contributed by atoms with van der Waals surface area (Å²) in [5, 5.41) is 0. The lowest BCUT2D eigenvalue weighted by Crippen LogP contribution is -1.95. The number of hydrogen-bond acceptors (Lipinski definition) is 4. The molecule has 116 valence electrons. The van der Waals surface area contributed by atoms with Gasteiger partial charge in [-0.1, -0.05) is 18.2 Å². The van der Waals surface area contributed by atoms with Crippen molar-refractivity contribution in [3.8, 4) is 28.4 Å². The van der Waals surface area contributed by atoms with Crippen LogP contribution in [0.1, 0.15) is 11.3 Å². The molecule has 0 saturated heterocycles. The van der Waals surface area contributed by atoms with Crippen LogP contribution in [0.15, 0.2) is 59.2 Å². The zero-order valence-electron chi connectivity index (χ0n) is 12.7. The summed E-state index contributed by atoms with van der Waals surface area (Å²) in [6.45, 7) is 2.73. The highest BCUT2D eigenvalue weighted by molar-refractivity contribution is 5.68. The molecule has 2 heterocycles. The third kappa shape index (κ3) is 2.75. The van der Waals surface area contributed by atoms with Crippen molar-refractivity contribution < 1.29 is 18.6 Å². The molecular formula is C19H16O4. The Morgan fingerprint density at radius 1 is 0.913 bits per heavy atom. The Labute approximate surface area is 134 Å². The molecule has 1 aliphatic rings. The SMILES string of the molecule is Cc1occc1COc1ccc(-c2ccc3c(c2)OCO3)cc1. The van der Waals surface area contributed by atoms with Crippen LogP contribution in [-0.2, 0) is 6.61 Å². The number of furan rings is 1. The number of fused-ring (bicyclic) bond motifs is 1. The lowest BCUT2D eigenvalue weighted by atomic mass is 10.1. The fraction of sp³-hybridized carbons (Fsp3) is 0.158. The molecule has 23 heavy (non-hydrogen) atoms. The maximum Gasteiger partial charge on any atom is 0.231 e. The van der Waals surface area contributed by atoms with Crippen LogP contribution in [-0.4, -0.2) is 6.79 Å². The quantitative estimate of drug-likeness (QED) is 0.708. The van der Waals surface area contributed by atoms with Crippen LogP contribution in [0.25, 0.3) is 11.1 Å². The molecule has 0 atom stereocenters. The van der Waals surface area contributed by atoms with Gasteiger partial charge in [-0.05, 0) is 48.4 Å². The summed E-state index contributed by atoms with van der Waals surface area (Å²) < 4.78 is 21.8. The molecule has 1 aromatic heterocycles. The first-order valence-electron chi connectivity index (χ1n) is 7.45. The average molecular weight is 308 g/mol. The van der Waals surface area contributed by atoms with E-state index < -0.39 is 0 Å². The largest absolute Gasteiger partial charge is 0.489 e. The minimum absolute atomic E-state index is 0.291. The molecular weight excluding hydrogens is 292 g/mol. The van der Waals surface area contributed by atoms with Gasteiger partial charge in [0, 0.05) is 5.56 Å². The zero-order chi connectivity index (χ0) is 15.6. The van der Waals surface area contributed by atoms with E-state index in [1.165, 1.54) is 0 Å². The molecule has 0 fully saturated rings. The van der Waals surface area contributed by atoms with Gasteiger partial charge in [0.1, 0.15) is 18.1 Å². The Morgan fingerprint density at radius 2 is 1.70 bits per heavy atom. The van der Waals surface area contributed by atoms with E-state index in [1.54, 1.807) is 6.26 Å². The fourth-order valence-corrected chi connectivity index (χ4v) is 2.54. The summed E-state index contributed by atoms with van der Waals surface area (Å²) in [5.41, 5.74) is 3.26. The number of hydrogen-bond donors (Lipinski definition) is 0. The molecule has 3 aromatic rings. The fourth-order valence-electron chi connectivity index (χ4n) is 2.54. The van der Waals surface area contributed by atoms with Crippen molar-refractivity contribution in [2.24, 2.45) is 0 Å². The molecule has 0 unspecified atom stereocenters. The monoisotopic (exact) mass is 308 g/mol. The second kappa shape index (κ2) is 5.72. The smallest absolute Gasteiger partial charge is 0.231 e. The topological polar surface area (TPSA) is 40.8 Å². The molecule has 0 bridgehead atoms. The average Bonchev–Trinajstić information content (AvgIpc) is 3.21. The predicted molar refractivity (Wildman–Crippen MR) is 85.8 cm³/mol. The second-order valence-electron chi connectivity index (χ2n) is 5.38. The molecule has 0 radical (unpaired) electrons. The van der Waals surface area contributed by atoms with Crippen molar-refractivity contribution in [2.45, 2.75) is 13.5 Å². The normalized spacial score (nSPS) is 12.4. The molecule has 4 nitrogen and oxygen atoms in total. The number of rotatable bonds is 4. The number of benzene rings is 2. The minimum Gasteiger partial charge on any atom is -0.489 e. The van der Waals surface area contributed by atoms with Gasteiger partial charge in [0.2, 0.25) is 6.79 Å². The van der Waals surface area contributed by atoms with E-state index in [9.17, 15) is 0 Å². The van der Waals surface area contributed by atoms with E-state index in [0.29, 0.717) is 13.4 Å². The summed E-state index contributed by atoms with van der Waals surface area (Å²) in [7, 11) is 0. The third-order valence-corrected chi connectivity index (χ3v) is 3.92. The highest BCUT2D eigenvalue weighted by Crippen LogP contribution is 2.36. The summed E-state index contributed by atoms with van der Waals surface area (Å²) >= 11 is 0. The van der Waals surface area contributed by atoms with Crippen LogP contribution in [0, 0.1) is 6.92 Å². The van der Waals surface area contributed by atoms with Gasteiger partial charge in [0.15, 0.2) is 11.5 Å². The molecule has 0 saturated carbocycles. The molecule has 4 heteroatoms. The highest BCUT2D eigenvalue weighted by Gasteiger charge is 2.13. The van der Waals surface area contributed by atoms with Gasteiger partial charge in [-0.25, -0.2) is 0 Å². The first kappa shape index (κ1) is 13.8. The maximum atomic E-state index is 5.79. The van der Waals surface area contributed by atoms with Crippen LogP contribution in [0.2, 0.25) is 0 Å². The Balaban J connectivity index is 1.48. The van der Waals surface area contributed by atoms with E-state index in [1.807, 2.05) is 55.5 Å². The Hall–Kier alpha value is -2.88. The zero-order valence-corrected chi connectivity index (χ0v) is 12.7. The van der Waals surface area contributed by atoms with Gasteiger partial charge in [-0.3, -0.25) is 0 Å². The van der Waals surface area contributed by atoms with E-state index >= 15 is 0 Å². The lowest BCUT2D eigenvalue weighted by Gasteiger charge is -2.07. The number of aryl methyl sites for hydroxylation is 1. The lowest BCUT2D eigenvalue weighted by molar-refractivity contribution is 0.174. The van der Waals surface area contributed by atoms with Crippen molar-refractivity contribution in [1.29, 1.82) is 0 Å². The first-order chi connectivity index (χ1) is 11.3. The highest BCUT2D eigenvalue weighted by atomic mass is 16.7. The molecule has 0 N–H and O–H groups in total. The van der Waals surface area contributed by atoms with E-state index in [-0.39, 0.29) is 0 Å². The van der Waals surface area contributed by atoms with Gasteiger partial charge in [-0.2, -0.15) is 0 Å². The van der Waals surface area contributed by atoms with Crippen LogP contribution < -0.4 is 14.2 Å². The summed E-state index contributed by atoms with van der Waals surface area (Å²) in [5.74, 6) is 3.31. The maximum absolute atomic E-state index is 5.79. The van der Waals surface area contributed by atoms with Crippen molar-refractivity contribution in [3.05, 3.63) is 66.1 Å². The van der Waals surface area contributed by atoms with Gasteiger partial charge >= 0.3 is 0 Å². The predicted octanol–water partition coefficient (Wildman–Crippen LogP) is 4.56. The van der Waals surface area contributed by atoms with Crippen molar-refractivity contribution in [2.75, 3.05) is 6.79 Å². The minimum atomic E-state index is 0.291. The van der Waals surface area contributed by atoms with Gasteiger partial charge in [0.05, 0.1) is 6.26 Å². The molecule has 2 aromatic carbocycles. The molecule has 0 spiro atoms. The van der Waals surface area contributed by atoms with E-state index in [0.717, 1.165) is 39.7 Å². The van der Waals surface area contributed by atoms with Crippen molar-refractivity contribution in [3.63, 3.8) is 0 Å². The molecule has 1 aliphatic heterocycles. The van der Waals surface area contributed by atoms with Crippen molar-refractivity contribution >= 4 is 0 Å². The standard InChI is InChI=1S/C19H16O4/c1-13-16(8-9-20-13)11-21-17-5-2-14(3-6-17)15-4-7-18-19(10-15)23-12-22-18/h2-10H,11-12H2,1H3.